The largest absolute Gasteiger partial charge is 0.494 e. The molecule has 13 nitrogen and oxygen atoms in total. The number of rotatable bonds is 8. The maximum absolute atomic E-state index is 13.4. The van der Waals surface area contributed by atoms with Crippen LogP contribution in [0, 0.1) is 0 Å². The molecular weight excluding hydrogens is 647 g/mol. The van der Waals surface area contributed by atoms with Crippen LogP contribution in [0.3, 0.4) is 0 Å². The molecular formula is C29H30BrN10O3P. The van der Waals surface area contributed by atoms with Gasteiger partial charge < -0.3 is 30.2 Å². The van der Waals surface area contributed by atoms with E-state index in [1.54, 1.807) is 49.9 Å². The molecule has 1 aliphatic rings. The summed E-state index contributed by atoms with van der Waals surface area (Å²) in [6.45, 7) is 4.85. The van der Waals surface area contributed by atoms with Crippen LogP contribution in [0.4, 0.5) is 28.8 Å². The zero-order chi connectivity index (χ0) is 31.0. The molecule has 0 unspecified atom stereocenters. The van der Waals surface area contributed by atoms with E-state index in [-0.39, 0.29) is 12.5 Å². The second-order valence-electron chi connectivity index (χ2n) is 10.6. The van der Waals surface area contributed by atoms with Crippen molar-refractivity contribution in [2.24, 2.45) is 7.05 Å². The monoisotopic (exact) mass is 676 g/mol. The molecule has 0 spiro atoms. The van der Waals surface area contributed by atoms with Crippen LogP contribution in [0.15, 0.2) is 59.7 Å². The third kappa shape index (κ3) is 5.95. The Bertz CT molecular complexity index is 1940. The van der Waals surface area contributed by atoms with Crippen LogP contribution >= 0.6 is 23.1 Å². The maximum atomic E-state index is 13.4. The third-order valence-electron chi connectivity index (χ3n) is 7.11. The summed E-state index contributed by atoms with van der Waals surface area (Å²) in [5.41, 5.74) is 5.08. The number of aryl methyl sites for hydroxylation is 1. The highest BCUT2D eigenvalue weighted by atomic mass is 79.9. The molecule has 3 aromatic heterocycles. The van der Waals surface area contributed by atoms with Gasteiger partial charge in [-0.3, -0.25) is 19.4 Å². The lowest BCUT2D eigenvalue weighted by Gasteiger charge is -2.31. The first-order valence-electron chi connectivity index (χ1n) is 13.7. The molecule has 0 saturated carbocycles. The third-order valence-corrected chi connectivity index (χ3v) is 9.22. The van der Waals surface area contributed by atoms with Gasteiger partial charge in [0.25, 0.3) is 0 Å². The predicted molar refractivity (Wildman–Crippen MR) is 175 cm³/mol. The topological polar surface area (TPSA) is 152 Å². The highest BCUT2D eigenvalue weighted by molar-refractivity contribution is 9.10. The molecule has 5 aromatic rings. The average molecular weight is 678 g/mol. The summed E-state index contributed by atoms with van der Waals surface area (Å²) in [6, 6.07) is 7.51. The first kappa shape index (κ1) is 29.5. The van der Waals surface area contributed by atoms with E-state index in [1.165, 1.54) is 0 Å². The average Bonchev–Trinajstić information content (AvgIpc) is 3.43. The molecule has 1 fully saturated rings. The molecule has 3 N–H and O–H groups in total. The van der Waals surface area contributed by atoms with Crippen molar-refractivity contribution >= 4 is 74.1 Å². The van der Waals surface area contributed by atoms with Crippen molar-refractivity contribution < 1.29 is 14.1 Å². The van der Waals surface area contributed by atoms with Crippen LogP contribution in [0.25, 0.3) is 22.2 Å². The van der Waals surface area contributed by atoms with Crippen LogP contribution in [0.1, 0.15) is 0 Å². The fourth-order valence-corrected chi connectivity index (χ4v) is 6.85. The van der Waals surface area contributed by atoms with Gasteiger partial charge >= 0.3 is 0 Å². The summed E-state index contributed by atoms with van der Waals surface area (Å²) in [5, 5.41) is 14.4. The van der Waals surface area contributed by atoms with E-state index < -0.39 is 7.14 Å². The number of ether oxygens (including phenoxy) is 1. The van der Waals surface area contributed by atoms with Crippen molar-refractivity contribution in [1.82, 2.24) is 35.0 Å². The van der Waals surface area contributed by atoms with Crippen molar-refractivity contribution in [3.8, 4) is 16.9 Å². The maximum Gasteiger partial charge on any atom is 0.239 e. The minimum Gasteiger partial charge on any atom is -0.494 e. The van der Waals surface area contributed by atoms with Gasteiger partial charge in [0.05, 0.1) is 46.5 Å². The van der Waals surface area contributed by atoms with Gasteiger partial charge in [-0.2, -0.15) is 10.1 Å². The second kappa shape index (κ2) is 11.9. The Hall–Kier alpha value is -4.55. The molecule has 226 valence electrons. The molecule has 6 rings (SSSR count). The molecule has 4 heterocycles. The SMILES string of the molecule is COc1cc(N2CCNC(=O)C2)c(-c2cnn(C)c2)cc1Nc1ncc(Br)c(Nc2ccc3nccnc3c2P(C)(C)=O)n1. The Balaban J connectivity index is 1.39. The van der Waals surface area contributed by atoms with Gasteiger partial charge in [-0.05, 0) is 47.5 Å². The minimum absolute atomic E-state index is 0.0398. The van der Waals surface area contributed by atoms with Gasteiger partial charge in [-0.15, -0.1) is 0 Å². The summed E-state index contributed by atoms with van der Waals surface area (Å²) in [6.07, 6.45) is 8.53. The zero-order valence-electron chi connectivity index (χ0n) is 24.5. The predicted octanol–water partition coefficient (Wildman–Crippen LogP) is 4.26. The Morgan fingerprint density at radius 3 is 2.61 bits per heavy atom. The lowest BCUT2D eigenvalue weighted by Crippen LogP contribution is -2.47. The van der Waals surface area contributed by atoms with E-state index in [4.69, 9.17) is 9.72 Å². The highest BCUT2D eigenvalue weighted by Gasteiger charge is 2.24. The number of carbonyl (C=O) groups excluding carboxylic acids is 1. The van der Waals surface area contributed by atoms with Crippen LogP contribution < -0.4 is 30.9 Å². The van der Waals surface area contributed by atoms with Gasteiger partial charge in [0.1, 0.15) is 24.2 Å². The summed E-state index contributed by atoms with van der Waals surface area (Å²) >= 11 is 3.54. The number of methoxy groups -OCH3 is 1. The number of amides is 1. The van der Waals surface area contributed by atoms with E-state index >= 15 is 0 Å². The number of aromatic nitrogens is 6. The number of nitrogens with one attached hydrogen (secondary N) is 3. The zero-order valence-corrected chi connectivity index (χ0v) is 27.0. The molecule has 2 aromatic carbocycles. The normalized spacial score (nSPS) is 13.6. The summed E-state index contributed by atoms with van der Waals surface area (Å²) in [5.74, 6) is 1.27. The molecule has 1 saturated heterocycles. The van der Waals surface area contributed by atoms with Crippen LogP contribution in [0.2, 0.25) is 0 Å². The molecule has 1 amide bonds. The van der Waals surface area contributed by atoms with Crippen molar-refractivity contribution in [2.45, 2.75) is 0 Å². The van der Waals surface area contributed by atoms with Gasteiger partial charge in [0.2, 0.25) is 11.9 Å². The minimum atomic E-state index is -2.78. The van der Waals surface area contributed by atoms with Crippen molar-refractivity contribution in [2.75, 3.05) is 55.6 Å². The summed E-state index contributed by atoms with van der Waals surface area (Å²) < 4.78 is 21.5. The molecule has 0 radical (unpaired) electrons. The fourth-order valence-electron chi connectivity index (χ4n) is 5.16. The van der Waals surface area contributed by atoms with Crippen molar-refractivity contribution in [3.05, 3.63) is 59.7 Å². The standard InChI is InChI=1S/C29H30BrN10O3P/c1-39-15-17(13-35-39)18-11-22(24(43-2)12-23(18)40-10-9-32-25(41)16-40)37-29-34-14-19(30)28(38-29)36-21-6-5-20-26(33-8-7-31-20)27(21)44(3,4)42/h5-8,11-15H,9-10,16H2,1-4H3,(H,32,41)(H2,34,36,37,38). The highest BCUT2D eigenvalue weighted by Crippen LogP contribution is 2.42. The molecule has 0 atom stereocenters. The first-order chi connectivity index (χ1) is 21.1. The lowest BCUT2D eigenvalue weighted by atomic mass is 10.0. The van der Waals surface area contributed by atoms with E-state index in [9.17, 15) is 9.36 Å². The summed E-state index contributed by atoms with van der Waals surface area (Å²) in [4.78, 5) is 32.3. The second-order valence-corrected chi connectivity index (χ2v) is 14.6. The summed E-state index contributed by atoms with van der Waals surface area (Å²) in [7, 11) is 0.667. The number of carbonyl (C=O) groups is 1. The number of benzene rings is 2. The van der Waals surface area contributed by atoms with Crippen LogP contribution in [-0.2, 0) is 16.4 Å². The quantitative estimate of drug-likeness (QED) is 0.202. The molecule has 1 aliphatic heterocycles. The van der Waals surface area contributed by atoms with Gasteiger partial charge in [0, 0.05) is 67.8 Å². The lowest BCUT2D eigenvalue weighted by molar-refractivity contribution is -0.120. The smallest absolute Gasteiger partial charge is 0.239 e. The number of anilines is 5. The number of hydrogen-bond acceptors (Lipinski definition) is 11. The number of nitrogens with zero attached hydrogens (tertiary/aromatic N) is 7. The van der Waals surface area contributed by atoms with Gasteiger partial charge in [-0.25, -0.2) is 4.98 Å². The van der Waals surface area contributed by atoms with Crippen molar-refractivity contribution in [3.63, 3.8) is 0 Å². The van der Waals surface area contributed by atoms with E-state index in [2.05, 4.69) is 51.9 Å². The Kier molecular flexibility index (Phi) is 7.95. The fraction of sp³-hybridized carbons (Fsp3) is 0.241. The van der Waals surface area contributed by atoms with Crippen LogP contribution in [0.5, 0.6) is 5.75 Å². The van der Waals surface area contributed by atoms with E-state index in [1.807, 2.05) is 42.4 Å². The van der Waals surface area contributed by atoms with Crippen LogP contribution in [-0.4, -0.2) is 75.7 Å². The molecule has 0 aliphatic carbocycles. The number of fused-ring (bicyclic) bond motifs is 1. The number of halogens is 1. The van der Waals surface area contributed by atoms with E-state index in [0.717, 1.165) is 16.8 Å². The van der Waals surface area contributed by atoms with Gasteiger partial charge in [0.15, 0.2) is 0 Å². The Morgan fingerprint density at radius 2 is 1.89 bits per heavy atom. The molecule has 0 bridgehead atoms. The first-order valence-corrected chi connectivity index (χ1v) is 17.1. The molecule has 44 heavy (non-hydrogen) atoms. The number of hydrogen-bond donors (Lipinski definition) is 3. The van der Waals surface area contributed by atoms with E-state index in [0.29, 0.717) is 62.8 Å². The molecule has 15 heteroatoms. The Labute approximate surface area is 262 Å². The van der Waals surface area contributed by atoms with Gasteiger partial charge in [-0.1, -0.05) is 0 Å². The van der Waals surface area contributed by atoms with Crippen molar-refractivity contribution in [1.29, 1.82) is 0 Å². The Morgan fingerprint density at radius 1 is 1.07 bits per heavy atom. The number of piperazine rings is 1.